The van der Waals surface area contributed by atoms with Crippen molar-refractivity contribution >= 4 is 30.1 Å². The molecule has 1 fully saturated rings. The Morgan fingerprint density at radius 3 is 2.96 bits per heavy atom. The summed E-state index contributed by atoms with van der Waals surface area (Å²) in [5.74, 6) is -1.57. The molecule has 5 N–H and O–H groups in total. The largest absolute Gasteiger partial charge is 0.481 e. The van der Waals surface area contributed by atoms with Crippen LogP contribution in [0.5, 0.6) is 0 Å². The molecular weight excluding hydrogens is 351 g/mol. The molecule has 0 aromatic carbocycles. The Kier molecular flexibility index (Phi) is 7.81. The SMILES string of the molecule is O=C(O)C[C@@H]1CC[C@H](NC(O)/C(=N\OCCO)c2cccs2)B(O)O1. The summed E-state index contributed by atoms with van der Waals surface area (Å²) in [5.41, 5.74) is 0.225. The van der Waals surface area contributed by atoms with Crippen LogP contribution in [0.2, 0.25) is 0 Å². The van der Waals surface area contributed by atoms with Crippen LogP contribution in [0.4, 0.5) is 0 Å². The third-order valence-electron chi connectivity index (χ3n) is 3.63. The molecule has 0 amide bonds. The first-order chi connectivity index (χ1) is 12.0. The summed E-state index contributed by atoms with van der Waals surface area (Å²) in [5, 5.41) is 46.5. The number of aliphatic carboxylic acids is 1. The molecule has 1 saturated heterocycles. The van der Waals surface area contributed by atoms with Gasteiger partial charge in [-0.05, 0) is 24.3 Å². The van der Waals surface area contributed by atoms with E-state index in [9.17, 15) is 14.9 Å². The van der Waals surface area contributed by atoms with Gasteiger partial charge in [-0.15, -0.1) is 11.3 Å². The summed E-state index contributed by atoms with van der Waals surface area (Å²) in [6, 6.07) is 3.55. The minimum Gasteiger partial charge on any atom is -0.481 e. The molecule has 1 aromatic rings. The lowest BCUT2D eigenvalue weighted by atomic mass is 9.72. The number of carboxylic acids is 1. The van der Waals surface area contributed by atoms with Gasteiger partial charge in [-0.2, -0.15) is 0 Å². The molecule has 1 aliphatic heterocycles. The second-order valence-corrected chi connectivity index (χ2v) is 6.46. The van der Waals surface area contributed by atoms with Gasteiger partial charge in [-0.1, -0.05) is 11.2 Å². The van der Waals surface area contributed by atoms with Gasteiger partial charge in [0.25, 0.3) is 0 Å². The molecule has 2 heterocycles. The lowest BCUT2D eigenvalue weighted by molar-refractivity contribution is -0.139. The molecular formula is C14H21BN2O7S. The van der Waals surface area contributed by atoms with E-state index < -0.39 is 31.4 Å². The van der Waals surface area contributed by atoms with Crippen molar-refractivity contribution < 1.29 is 34.6 Å². The molecule has 2 rings (SSSR count). The summed E-state index contributed by atoms with van der Waals surface area (Å²) >= 11 is 1.36. The molecule has 3 atom stereocenters. The van der Waals surface area contributed by atoms with Crippen LogP contribution in [-0.2, 0) is 14.3 Å². The average Bonchev–Trinajstić information content (AvgIpc) is 3.07. The topological polar surface area (TPSA) is 141 Å². The van der Waals surface area contributed by atoms with Gasteiger partial charge in [0.2, 0.25) is 0 Å². The number of thiophene rings is 1. The summed E-state index contributed by atoms with van der Waals surface area (Å²) < 4.78 is 5.28. The first-order valence-electron chi connectivity index (χ1n) is 7.85. The van der Waals surface area contributed by atoms with Crippen molar-refractivity contribution in [1.29, 1.82) is 0 Å². The third kappa shape index (κ3) is 6.06. The Labute approximate surface area is 149 Å². The number of rotatable bonds is 9. The van der Waals surface area contributed by atoms with Crippen molar-refractivity contribution in [3.8, 4) is 0 Å². The monoisotopic (exact) mass is 372 g/mol. The fourth-order valence-electron chi connectivity index (χ4n) is 2.47. The van der Waals surface area contributed by atoms with E-state index in [1.807, 2.05) is 5.38 Å². The number of aliphatic hydroxyl groups is 2. The van der Waals surface area contributed by atoms with E-state index in [-0.39, 0.29) is 25.3 Å². The third-order valence-corrected chi connectivity index (χ3v) is 4.52. The maximum Gasteiger partial charge on any atom is 0.472 e. The van der Waals surface area contributed by atoms with Crippen molar-refractivity contribution in [2.75, 3.05) is 13.2 Å². The normalized spacial score (nSPS) is 22.7. The summed E-state index contributed by atoms with van der Waals surface area (Å²) in [4.78, 5) is 16.3. The maximum absolute atomic E-state index is 10.7. The molecule has 138 valence electrons. The number of carboxylic acid groups (broad SMARTS) is 1. The van der Waals surface area contributed by atoms with Crippen LogP contribution in [0.3, 0.4) is 0 Å². The van der Waals surface area contributed by atoms with Gasteiger partial charge in [-0.3, -0.25) is 10.1 Å². The van der Waals surface area contributed by atoms with E-state index in [2.05, 4.69) is 10.5 Å². The van der Waals surface area contributed by atoms with E-state index in [0.717, 1.165) is 0 Å². The summed E-state index contributed by atoms with van der Waals surface area (Å²) in [6.07, 6.45) is -1.08. The van der Waals surface area contributed by atoms with Crippen LogP contribution in [-0.4, -0.2) is 70.6 Å². The predicted octanol–water partition coefficient (Wildman–Crippen LogP) is -0.589. The molecule has 1 aliphatic rings. The van der Waals surface area contributed by atoms with Crippen LogP contribution in [0.25, 0.3) is 0 Å². The van der Waals surface area contributed by atoms with Gasteiger partial charge in [-0.25, -0.2) is 0 Å². The van der Waals surface area contributed by atoms with Gasteiger partial charge >= 0.3 is 13.1 Å². The Balaban J connectivity index is 1.97. The standard InChI is InChI=1S/C14H21BN2O7S/c18-5-6-23-17-13(10-2-1-7-25-10)14(21)16-11-4-3-9(8-12(19)20)24-15(11)22/h1-2,7,9,11,14,16,18,21-22H,3-6,8H2,(H,19,20)/b17-13-/t9-,11-,14?/m0/s1. The smallest absolute Gasteiger partial charge is 0.472 e. The maximum atomic E-state index is 10.7. The second kappa shape index (κ2) is 9.85. The highest BCUT2D eigenvalue weighted by Gasteiger charge is 2.37. The van der Waals surface area contributed by atoms with Crippen LogP contribution in [0.1, 0.15) is 24.1 Å². The molecule has 1 aromatic heterocycles. The number of oxime groups is 1. The van der Waals surface area contributed by atoms with E-state index >= 15 is 0 Å². The van der Waals surface area contributed by atoms with Crippen molar-refractivity contribution in [2.45, 2.75) is 37.5 Å². The fraction of sp³-hybridized carbons (Fsp3) is 0.571. The fourth-order valence-corrected chi connectivity index (χ4v) is 3.20. The number of hydrogen-bond donors (Lipinski definition) is 5. The van der Waals surface area contributed by atoms with Crippen LogP contribution in [0.15, 0.2) is 22.7 Å². The van der Waals surface area contributed by atoms with Gasteiger partial charge in [0.15, 0.2) is 6.23 Å². The summed E-state index contributed by atoms with van der Waals surface area (Å²) in [7, 11) is -1.24. The number of aliphatic hydroxyl groups excluding tert-OH is 2. The molecule has 0 saturated carbocycles. The molecule has 9 nitrogen and oxygen atoms in total. The van der Waals surface area contributed by atoms with Gasteiger partial charge in [0, 0.05) is 5.94 Å². The molecule has 0 aliphatic carbocycles. The molecule has 0 spiro atoms. The van der Waals surface area contributed by atoms with Crippen molar-refractivity contribution in [2.24, 2.45) is 5.16 Å². The Morgan fingerprint density at radius 2 is 2.36 bits per heavy atom. The van der Waals surface area contributed by atoms with E-state index in [4.69, 9.17) is 19.7 Å². The lowest BCUT2D eigenvalue weighted by Gasteiger charge is -2.32. The quantitative estimate of drug-likeness (QED) is 0.127. The first kappa shape index (κ1) is 19.8. The van der Waals surface area contributed by atoms with Crippen LogP contribution in [0, 0.1) is 0 Å². The highest BCUT2D eigenvalue weighted by Crippen LogP contribution is 2.20. The van der Waals surface area contributed by atoms with Crippen LogP contribution >= 0.6 is 11.3 Å². The zero-order valence-corrected chi connectivity index (χ0v) is 14.3. The summed E-state index contributed by atoms with van der Waals surface area (Å²) in [6.45, 7) is -0.210. The van der Waals surface area contributed by atoms with E-state index in [1.165, 1.54) is 11.3 Å². The number of carbonyl (C=O) groups is 1. The van der Waals surface area contributed by atoms with E-state index in [1.54, 1.807) is 12.1 Å². The zero-order chi connectivity index (χ0) is 18.2. The van der Waals surface area contributed by atoms with Gasteiger partial charge < -0.3 is 29.8 Å². The number of nitrogens with one attached hydrogen (secondary N) is 1. The van der Waals surface area contributed by atoms with Crippen molar-refractivity contribution in [3.63, 3.8) is 0 Å². The minimum absolute atomic E-state index is 0.00632. The highest BCUT2D eigenvalue weighted by molar-refractivity contribution is 7.12. The first-order valence-corrected chi connectivity index (χ1v) is 8.73. The molecule has 11 heteroatoms. The Morgan fingerprint density at radius 1 is 1.56 bits per heavy atom. The van der Waals surface area contributed by atoms with Crippen molar-refractivity contribution in [1.82, 2.24) is 5.32 Å². The highest BCUT2D eigenvalue weighted by atomic mass is 32.1. The average molecular weight is 372 g/mol. The minimum atomic E-state index is -1.24. The van der Waals surface area contributed by atoms with Gasteiger partial charge in [0.05, 0.1) is 24.0 Å². The second-order valence-electron chi connectivity index (χ2n) is 5.51. The lowest BCUT2D eigenvalue weighted by Crippen LogP contribution is -2.55. The Bertz CT molecular complexity index is 572. The van der Waals surface area contributed by atoms with Crippen molar-refractivity contribution in [3.05, 3.63) is 22.4 Å². The predicted molar refractivity (Wildman–Crippen MR) is 91.2 cm³/mol. The zero-order valence-electron chi connectivity index (χ0n) is 13.4. The van der Waals surface area contributed by atoms with Crippen LogP contribution < -0.4 is 5.32 Å². The molecule has 25 heavy (non-hydrogen) atoms. The van der Waals surface area contributed by atoms with Gasteiger partial charge in [0.1, 0.15) is 12.3 Å². The Hall–Kier alpha value is -1.50. The number of nitrogens with zero attached hydrogens (tertiary/aromatic N) is 1. The molecule has 0 bridgehead atoms. The number of hydrogen-bond acceptors (Lipinski definition) is 9. The molecule has 0 radical (unpaired) electrons. The molecule has 1 unspecified atom stereocenters. The van der Waals surface area contributed by atoms with E-state index in [0.29, 0.717) is 17.7 Å².